The first-order valence-corrected chi connectivity index (χ1v) is 10.6. The summed E-state index contributed by atoms with van der Waals surface area (Å²) >= 11 is 5.78. The van der Waals surface area contributed by atoms with Crippen molar-refractivity contribution in [1.82, 2.24) is 25.1 Å². The minimum absolute atomic E-state index is 0.0330. The smallest absolute Gasteiger partial charge is 0.270 e. The van der Waals surface area contributed by atoms with Gasteiger partial charge in [-0.15, -0.1) is 0 Å². The Kier molecular flexibility index (Phi) is 8.77. The number of aromatic nitrogens is 4. The summed E-state index contributed by atoms with van der Waals surface area (Å²) < 4.78 is 16.6. The highest BCUT2D eigenvalue weighted by Gasteiger charge is 2.22. The van der Waals surface area contributed by atoms with E-state index in [2.05, 4.69) is 25.1 Å². The molecule has 11 nitrogen and oxygen atoms in total. The molecule has 0 spiro atoms. The lowest BCUT2D eigenvalue weighted by molar-refractivity contribution is -0.132. The van der Waals surface area contributed by atoms with Gasteiger partial charge in [-0.2, -0.15) is 5.10 Å². The van der Waals surface area contributed by atoms with E-state index in [4.69, 9.17) is 25.8 Å². The number of methoxy groups -OCH3 is 1. The first-order valence-electron chi connectivity index (χ1n) is 10.3. The molecule has 3 rings (SSSR count). The van der Waals surface area contributed by atoms with Crippen LogP contribution in [0, 0.1) is 6.92 Å². The summed E-state index contributed by atoms with van der Waals surface area (Å²) in [6, 6.07) is 0. The average Bonchev–Trinajstić information content (AvgIpc) is 2.80. The number of halogens is 1. The SMILES string of the molecule is COC[C@H](COCCC(=O)N1CCN(c2cnc(Cl)cn2)CC1)Oc1cn[nH]c(=O)c1C. The molecule has 1 fully saturated rings. The van der Waals surface area contributed by atoms with Gasteiger partial charge in [0, 0.05) is 33.3 Å². The molecule has 0 aromatic carbocycles. The third kappa shape index (κ3) is 6.62. The van der Waals surface area contributed by atoms with E-state index in [0.717, 1.165) is 5.82 Å². The zero-order chi connectivity index (χ0) is 22.9. The third-order valence-electron chi connectivity index (χ3n) is 5.03. The first kappa shape index (κ1) is 23.9. The largest absolute Gasteiger partial charge is 0.483 e. The lowest BCUT2D eigenvalue weighted by Gasteiger charge is -2.35. The van der Waals surface area contributed by atoms with Crippen LogP contribution in [0.2, 0.25) is 5.15 Å². The van der Waals surface area contributed by atoms with Crippen molar-refractivity contribution in [2.75, 3.05) is 58.0 Å². The second-order valence-corrected chi connectivity index (χ2v) is 7.66. The summed E-state index contributed by atoms with van der Waals surface area (Å²) in [5.74, 6) is 1.16. The van der Waals surface area contributed by atoms with E-state index in [9.17, 15) is 9.59 Å². The standard InChI is InChI=1S/C20H27ClN6O5/c1-14-16(9-24-25-20(14)29)32-15(12-30-2)13-31-8-3-19(28)27-6-4-26(5-7-27)18-11-22-17(21)10-23-18/h9-11,15H,3-8,12-13H2,1-2H3,(H,25,29)/t15-/m1/s1. The maximum atomic E-state index is 12.5. The number of anilines is 1. The molecule has 0 saturated carbocycles. The third-order valence-corrected chi connectivity index (χ3v) is 5.23. The van der Waals surface area contributed by atoms with Gasteiger partial charge in [-0.25, -0.2) is 15.1 Å². The van der Waals surface area contributed by atoms with Crippen molar-refractivity contribution in [2.24, 2.45) is 0 Å². The minimum atomic E-state index is -0.429. The summed E-state index contributed by atoms with van der Waals surface area (Å²) in [5.41, 5.74) is 0.119. The Bertz CT molecular complexity index is 933. The highest BCUT2D eigenvalue weighted by Crippen LogP contribution is 2.15. The van der Waals surface area contributed by atoms with Crippen molar-refractivity contribution < 1.29 is 19.0 Å². The van der Waals surface area contributed by atoms with Crippen LogP contribution in [0.4, 0.5) is 5.82 Å². The van der Waals surface area contributed by atoms with Crippen LogP contribution in [-0.4, -0.2) is 90.2 Å². The van der Waals surface area contributed by atoms with Gasteiger partial charge in [0.15, 0.2) is 0 Å². The average molecular weight is 467 g/mol. The van der Waals surface area contributed by atoms with Crippen LogP contribution >= 0.6 is 11.6 Å². The van der Waals surface area contributed by atoms with Crippen molar-refractivity contribution >= 4 is 23.3 Å². The van der Waals surface area contributed by atoms with Gasteiger partial charge in [0.05, 0.1) is 50.4 Å². The monoisotopic (exact) mass is 466 g/mol. The fourth-order valence-corrected chi connectivity index (χ4v) is 3.33. The predicted molar refractivity (Wildman–Crippen MR) is 117 cm³/mol. The first-order chi connectivity index (χ1) is 15.5. The number of nitrogens with zero attached hydrogens (tertiary/aromatic N) is 5. The number of carbonyl (C=O) groups is 1. The normalized spacial score (nSPS) is 15.0. The number of piperazine rings is 1. The number of hydrogen-bond donors (Lipinski definition) is 1. The molecule has 0 bridgehead atoms. The van der Waals surface area contributed by atoms with Gasteiger partial charge >= 0.3 is 0 Å². The van der Waals surface area contributed by atoms with Crippen molar-refractivity contribution in [2.45, 2.75) is 19.4 Å². The highest BCUT2D eigenvalue weighted by atomic mass is 35.5. The Hall–Kier alpha value is -2.76. The number of nitrogens with one attached hydrogen (secondary N) is 1. The van der Waals surface area contributed by atoms with E-state index in [1.165, 1.54) is 12.4 Å². The van der Waals surface area contributed by atoms with Crippen molar-refractivity contribution in [3.05, 3.63) is 39.7 Å². The molecule has 0 radical (unpaired) electrons. The molecule has 174 valence electrons. The number of ether oxygens (including phenoxy) is 3. The fourth-order valence-electron chi connectivity index (χ4n) is 3.23. The number of H-pyrrole nitrogens is 1. The number of hydrogen-bond acceptors (Lipinski definition) is 9. The topological polar surface area (TPSA) is 123 Å². The molecular formula is C20H27ClN6O5. The summed E-state index contributed by atoms with van der Waals surface area (Å²) in [4.78, 5) is 36.4. The molecule has 1 aliphatic heterocycles. The van der Waals surface area contributed by atoms with Crippen LogP contribution in [0.3, 0.4) is 0 Å². The summed E-state index contributed by atoms with van der Waals surface area (Å²) in [6.45, 7) is 4.97. The molecule has 2 aromatic heterocycles. The van der Waals surface area contributed by atoms with Gasteiger partial charge in [0.1, 0.15) is 22.8 Å². The molecule has 2 aromatic rings. The zero-order valence-electron chi connectivity index (χ0n) is 18.1. The Morgan fingerprint density at radius 3 is 2.66 bits per heavy atom. The number of carbonyl (C=O) groups excluding carboxylic acids is 1. The molecule has 1 aliphatic rings. The van der Waals surface area contributed by atoms with Gasteiger partial charge < -0.3 is 24.0 Å². The van der Waals surface area contributed by atoms with E-state index < -0.39 is 6.10 Å². The van der Waals surface area contributed by atoms with E-state index in [-0.39, 0.29) is 37.7 Å². The molecule has 1 amide bonds. The second kappa shape index (κ2) is 11.7. The van der Waals surface area contributed by atoms with Crippen LogP contribution in [0.5, 0.6) is 5.75 Å². The van der Waals surface area contributed by atoms with Crippen LogP contribution in [0.1, 0.15) is 12.0 Å². The Morgan fingerprint density at radius 1 is 1.19 bits per heavy atom. The van der Waals surface area contributed by atoms with Crippen LogP contribution in [0.15, 0.2) is 23.4 Å². The number of amides is 1. The molecule has 12 heteroatoms. The zero-order valence-corrected chi connectivity index (χ0v) is 18.9. The van der Waals surface area contributed by atoms with Gasteiger partial charge in [-0.05, 0) is 6.92 Å². The summed E-state index contributed by atoms with van der Waals surface area (Å²) in [7, 11) is 1.55. The Morgan fingerprint density at radius 2 is 1.97 bits per heavy atom. The second-order valence-electron chi connectivity index (χ2n) is 7.27. The molecular weight excluding hydrogens is 440 g/mol. The molecule has 1 N–H and O–H groups in total. The molecule has 32 heavy (non-hydrogen) atoms. The molecule has 3 heterocycles. The molecule has 0 aliphatic carbocycles. The van der Waals surface area contributed by atoms with Crippen molar-refractivity contribution in [3.63, 3.8) is 0 Å². The summed E-state index contributed by atoms with van der Waals surface area (Å²) in [6.07, 6.45) is 4.43. The van der Waals surface area contributed by atoms with Crippen molar-refractivity contribution in [3.8, 4) is 5.75 Å². The van der Waals surface area contributed by atoms with Gasteiger partial charge in [-0.1, -0.05) is 11.6 Å². The van der Waals surface area contributed by atoms with Crippen LogP contribution < -0.4 is 15.2 Å². The van der Waals surface area contributed by atoms with E-state index >= 15 is 0 Å². The van der Waals surface area contributed by atoms with E-state index in [1.807, 2.05) is 4.90 Å². The van der Waals surface area contributed by atoms with Crippen LogP contribution in [-0.2, 0) is 14.3 Å². The summed E-state index contributed by atoms with van der Waals surface area (Å²) in [5, 5.41) is 6.45. The Labute approximate surface area is 190 Å². The van der Waals surface area contributed by atoms with Gasteiger partial charge in [0.25, 0.3) is 5.56 Å². The Balaban J connectivity index is 1.39. The fraction of sp³-hybridized carbons (Fsp3) is 0.550. The maximum absolute atomic E-state index is 12.5. The van der Waals surface area contributed by atoms with Crippen LogP contribution in [0.25, 0.3) is 0 Å². The predicted octanol–water partition coefficient (Wildman–Crippen LogP) is 0.671. The van der Waals surface area contributed by atoms with Gasteiger partial charge in [-0.3, -0.25) is 9.59 Å². The van der Waals surface area contributed by atoms with Crippen molar-refractivity contribution in [1.29, 1.82) is 0 Å². The lowest BCUT2D eigenvalue weighted by Crippen LogP contribution is -2.49. The molecule has 1 atom stereocenters. The van der Waals surface area contributed by atoms with E-state index in [0.29, 0.717) is 42.6 Å². The quantitative estimate of drug-likeness (QED) is 0.503. The molecule has 1 saturated heterocycles. The lowest BCUT2D eigenvalue weighted by atomic mass is 10.3. The minimum Gasteiger partial charge on any atom is -0.483 e. The maximum Gasteiger partial charge on any atom is 0.270 e. The van der Waals surface area contributed by atoms with E-state index in [1.54, 1.807) is 20.2 Å². The number of rotatable bonds is 10. The highest BCUT2D eigenvalue weighted by molar-refractivity contribution is 6.29. The number of aromatic amines is 1. The molecule has 0 unspecified atom stereocenters. The van der Waals surface area contributed by atoms with Gasteiger partial charge in [0.2, 0.25) is 5.91 Å².